The molecule has 1 saturated heterocycles. The van der Waals surface area contributed by atoms with Crippen LogP contribution in [0.25, 0.3) is 11.3 Å². The van der Waals surface area contributed by atoms with E-state index in [2.05, 4.69) is 20.3 Å². The van der Waals surface area contributed by atoms with Crippen LogP contribution >= 0.6 is 0 Å². The van der Waals surface area contributed by atoms with Gasteiger partial charge in [-0.25, -0.2) is 4.98 Å². The molecule has 1 aromatic carbocycles. The second kappa shape index (κ2) is 9.69. The van der Waals surface area contributed by atoms with Crippen molar-refractivity contribution >= 4 is 5.95 Å². The van der Waals surface area contributed by atoms with Crippen LogP contribution in [-0.4, -0.2) is 44.5 Å². The highest BCUT2D eigenvalue weighted by molar-refractivity contribution is 5.60. The summed E-state index contributed by atoms with van der Waals surface area (Å²) in [7, 11) is 0. The van der Waals surface area contributed by atoms with Crippen molar-refractivity contribution in [2.45, 2.75) is 32.0 Å². The first kappa shape index (κ1) is 22.9. The molecule has 2 aromatic heterocycles. The van der Waals surface area contributed by atoms with E-state index in [1.807, 2.05) is 24.3 Å². The molecular weight excluding hydrogens is 441 g/mol. The number of anilines is 1. The van der Waals surface area contributed by atoms with E-state index in [1.54, 1.807) is 12.1 Å². The number of halogens is 3. The van der Waals surface area contributed by atoms with Gasteiger partial charge in [0.15, 0.2) is 0 Å². The molecule has 11 heteroatoms. The lowest BCUT2D eigenvalue weighted by Crippen LogP contribution is -2.39. The largest absolute Gasteiger partial charge is 0.469 e. The second-order valence-electron chi connectivity index (χ2n) is 7.41. The first-order valence-electron chi connectivity index (χ1n) is 10.1. The van der Waals surface area contributed by atoms with Crippen LogP contribution < -0.4 is 10.1 Å². The molecule has 3 heterocycles. The standard InChI is InChI=1S/C22H21F3N4O4/c23-22(24,25)18-8-27-21(29-20(18)33-17-11-32-12-17)26-7-13-1-3-15(4-2-13)19-6-14(9-30)5-16(10-31)28-19/h1-6,8,17,30-31H,7,9-12H2,(H,26,27,29). The van der Waals surface area contributed by atoms with Gasteiger partial charge in [-0.2, -0.15) is 18.2 Å². The third kappa shape index (κ3) is 5.56. The van der Waals surface area contributed by atoms with E-state index >= 15 is 0 Å². The van der Waals surface area contributed by atoms with E-state index in [0.717, 1.165) is 11.1 Å². The molecule has 0 amide bonds. The minimum atomic E-state index is -4.63. The van der Waals surface area contributed by atoms with E-state index in [9.17, 15) is 23.4 Å². The maximum atomic E-state index is 13.2. The zero-order valence-corrected chi connectivity index (χ0v) is 17.3. The number of aromatic nitrogens is 3. The molecule has 33 heavy (non-hydrogen) atoms. The third-order valence-electron chi connectivity index (χ3n) is 4.93. The molecule has 174 valence electrons. The number of aliphatic hydroxyl groups is 2. The van der Waals surface area contributed by atoms with Gasteiger partial charge < -0.3 is 25.0 Å². The van der Waals surface area contributed by atoms with Crippen LogP contribution in [0.1, 0.15) is 22.4 Å². The Balaban J connectivity index is 1.46. The molecule has 0 bridgehead atoms. The summed E-state index contributed by atoms with van der Waals surface area (Å²) in [5, 5.41) is 21.6. The average Bonchev–Trinajstić information content (AvgIpc) is 2.79. The van der Waals surface area contributed by atoms with Gasteiger partial charge in [0.1, 0.15) is 11.7 Å². The minimum Gasteiger partial charge on any atom is -0.469 e. The van der Waals surface area contributed by atoms with Gasteiger partial charge in [0, 0.05) is 18.3 Å². The Kier molecular flexibility index (Phi) is 6.72. The zero-order valence-electron chi connectivity index (χ0n) is 17.3. The van der Waals surface area contributed by atoms with Crippen molar-refractivity contribution in [2.24, 2.45) is 0 Å². The van der Waals surface area contributed by atoms with Crippen LogP contribution in [0.5, 0.6) is 5.88 Å². The van der Waals surface area contributed by atoms with Crippen molar-refractivity contribution in [2.75, 3.05) is 18.5 Å². The minimum absolute atomic E-state index is 0.00668. The summed E-state index contributed by atoms with van der Waals surface area (Å²) >= 11 is 0. The van der Waals surface area contributed by atoms with Crippen molar-refractivity contribution in [3.05, 3.63) is 65.0 Å². The quantitative estimate of drug-likeness (QED) is 0.469. The molecule has 3 N–H and O–H groups in total. The Morgan fingerprint density at radius 3 is 2.39 bits per heavy atom. The van der Waals surface area contributed by atoms with Gasteiger partial charge in [-0.15, -0.1) is 0 Å². The molecule has 0 saturated carbocycles. The van der Waals surface area contributed by atoms with Crippen molar-refractivity contribution in [3.8, 4) is 17.1 Å². The van der Waals surface area contributed by atoms with Gasteiger partial charge in [-0.3, -0.25) is 4.98 Å². The smallest absolute Gasteiger partial charge is 0.423 e. The second-order valence-corrected chi connectivity index (χ2v) is 7.41. The summed E-state index contributed by atoms with van der Waals surface area (Å²) in [4.78, 5) is 12.0. The van der Waals surface area contributed by atoms with E-state index < -0.39 is 23.7 Å². The van der Waals surface area contributed by atoms with Crippen molar-refractivity contribution in [1.82, 2.24) is 15.0 Å². The average molecular weight is 462 g/mol. The number of alkyl halides is 3. The van der Waals surface area contributed by atoms with Crippen LogP contribution in [0, 0.1) is 0 Å². The monoisotopic (exact) mass is 462 g/mol. The molecular formula is C22H21F3N4O4. The van der Waals surface area contributed by atoms with Gasteiger partial charge in [0.25, 0.3) is 0 Å². The highest BCUT2D eigenvalue weighted by Gasteiger charge is 2.37. The molecule has 8 nitrogen and oxygen atoms in total. The van der Waals surface area contributed by atoms with E-state index in [-0.39, 0.29) is 38.9 Å². The third-order valence-corrected chi connectivity index (χ3v) is 4.93. The molecule has 0 spiro atoms. The topological polar surface area (TPSA) is 110 Å². The highest BCUT2D eigenvalue weighted by Crippen LogP contribution is 2.36. The van der Waals surface area contributed by atoms with Gasteiger partial charge in [-0.1, -0.05) is 24.3 Å². The van der Waals surface area contributed by atoms with Crippen LogP contribution in [0.3, 0.4) is 0 Å². The number of hydrogen-bond donors (Lipinski definition) is 3. The molecule has 0 radical (unpaired) electrons. The normalized spacial score (nSPS) is 14.1. The van der Waals surface area contributed by atoms with Crippen LogP contribution in [0.4, 0.5) is 19.1 Å². The fourth-order valence-corrected chi connectivity index (χ4v) is 3.12. The first-order valence-corrected chi connectivity index (χ1v) is 10.1. The summed E-state index contributed by atoms with van der Waals surface area (Å²) in [5.74, 6) is -0.523. The van der Waals surface area contributed by atoms with Gasteiger partial charge in [-0.05, 0) is 23.3 Å². The maximum Gasteiger partial charge on any atom is 0.423 e. The van der Waals surface area contributed by atoms with Crippen LogP contribution in [0.15, 0.2) is 42.6 Å². The lowest BCUT2D eigenvalue weighted by Gasteiger charge is -2.27. The van der Waals surface area contributed by atoms with Gasteiger partial charge in [0.2, 0.25) is 11.8 Å². The van der Waals surface area contributed by atoms with Gasteiger partial charge >= 0.3 is 6.18 Å². The number of pyridine rings is 1. The predicted molar refractivity (Wildman–Crippen MR) is 111 cm³/mol. The number of aliphatic hydroxyl groups excluding tert-OH is 2. The van der Waals surface area contributed by atoms with Crippen LogP contribution in [-0.2, 0) is 30.7 Å². The molecule has 0 unspecified atom stereocenters. The fourth-order valence-electron chi connectivity index (χ4n) is 3.12. The fraction of sp³-hybridized carbons (Fsp3) is 0.318. The van der Waals surface area contributed by atoms with E-state index in [1.165, 1.54) is 0 Å². The van der Waals surface area contributed by atoms with Crippen LogP contribution in [0.2, 0.25) is 0 Å². The number of ether oxygens (including phenoxy) is 2. The lowest BCUT2D eigenvalue weighted by atomic mass is 10.1. The summed E-state index contributed by atoms with van der Waals surface area (Å²) < 4.78 is 50.0. The zero-order chi connectivity index (χ0) is 23.4. The Hall–Kier alpha value is -3.28. The number of benzene rings is 1. The Morgan fingerprint density at radius 1 is 1.03 bits per heavy atom. The maximum absolute atomic E-state index is 13.2. The summed E-state index contributed by atoms with van der Waals surface area (Å²) in [6, 6.07) is 10.6. The molecule has 1 aliphatic rings. The Bertz CT molecular complexity index is 1080. The van der Waals surface area contributed by atoms with Gasteiger partial charge in [0.05, 0.1) is 37.8 Å². The van der Waals surface area contributed by atoms with E-state index in [0.29, 0.717) is 23.1 Å². The van der Waals surface area contributed by atoms with Crippen molar-refractivity contribution < 1.29 is 32.9 Å². The molecule has 0 aliphatic carbocycles. The lowest BCUT2D eigenvalue weighted by molar-refractivity contribution is -0.142. The van der Waals surface area contributed by atoms with Crippen molar-refractivity contribution in [1.29, 1.82) is 0 Å². The first-order chi connectivity index (χ1) is 15.9. The Labute approximate surface area is 187 Å². The number of nitrogens with zero attached hydrogens (tertiary/aromatic N) is 3. The number of hydrogen-bond acceptors (Lipinski definition) is 8. The molecule has 4 rings (SSSR count). The molecule has 3 aromatic rings. The summed E-state index contributed by atoms with van der Waals surface area (Å²) in [5.41, 5.74) is 2.28. The Morgan fingerprint density at radius 2 is 1.79 bits per heavy atom. The molecule has 1 fully saturated rings. The predicted octanol–water partition coefficient (Wildman–Crippen LogP) is 2.93. The molecule has 1 aliphatic heterocycles. The highest BCUT2D eigenvalue weighted by atomic mass is 19.4. The molecule has 0 atom stereocenters. The number of nitrogens with one attached hydrogen (secondary N) is 1. The number of rotatable bonds is 8. The van der Waals surface area contributed by atoms with E-state index in [4.69, 9.17) is 9.47 Å². The summed E-state index contributed by atoms with van der Waals surface area (Å²) in [6.07, 6.45) is -4.40. The SMILES string of the molecule is OCc1cc(CO)nc(-c2ccc(CNc3ncc(C(F)(F)F)c(OC4COC4)n3)cc2)c1. The summed E-state index contributed by atoms with van der Waals surface area (Å²) in [6.45, 7) is 0.286. The van der Waals surface area contributed by atoms with Crippen molar-refractivity contribution in [3.63, 3.8) is 0 Å².